The van der Waals surface area contributed by atoms with Gasteiger partial charge < -0.3 is 9.51 Å². The van der Waals surface area contributed by atoms with E-state index in [1.165, 1.54) is 16.7 Å². The van der Waals surface area contributed by atoms with Crippen LogP contribution >= 0.6 is 57.9 Å². The van der Waals surface area contributed by atoms with Crippen molar-refractivity contribution in [2.24, 2.45) is 0 Å². The number of fused-ring (bicyclic) bond motifs is 1. The normalized spacial score (nSPS) is 16.6. The van der Waals surface area contributed by atoms with Crippen molar-refractivity contribution >= 4 is 86.1 Å². The van der Waals surface area contributed by atoms with E-state index in [-0.39, 0.29) is 22.2 Å². The van der Waals surface area contributed by atoms with Gasteiger partial charge in [-0.15, -0.1) is 10.2 Å². The molecule has 0 spiro atoms. The number of carbonyl (C=O) groups excluding carboxylic acids is 2. The molecule has 1 atom stereocenters. The van der Waals surface area contributed by atoms with E-state index in [0.29, 0.717) is 42.1 Å². The first kappa shape index (κ1) is 28.7. The summed E-state index contributed by atoms with van der Waals surface area (Å²) in [7, 11) is 0. The van der Waals surface area contributed by atoms with Crippen LogP contribution < -0.4 is 4.90 Å². The number of ketones is 1. The smallest absolute Gasteiger partial charge is 0.301 e. The molecule has 1 aliphatic rings. The number of hydrogen-bond acceptors (Lipinski definition) is 8. The molecule has 212 valence electrons. The van der Waals surface area contributed by atoms with Crippen LogP contribution in [-0.2, 0) is 15.3 Å². The SMILES string of the molecule is Cc1cccn2c(C)c(/C(O)=C3\C(=O)C(=O)N(c4nnc(SCc5ccc(Cl)cc5Cl)s4)C3c3ccc(Cl)cc3)nc12. The summed E-state index contributed by atoms with van der Waals surface area (Å²) < 4.78 is 2.40. The van der Waals surface area contributed by atoms with Gasteiger partial charge in [0.2, 0.25) is 5.13 Å². The molecule has 2 aromatic carbocycles. The fourth-order valence-electron chi connectivity index (χ4n) is 4.80. The second-order valence-electron chi connectivity index (χ2n) is 9.53. The molecule has 8 nitrogen and oxygen atoms in total. The molecule has 1 unspecified atom stereocenters. The van der Waals surface area contributed by atoms with Crippen LogP contribution in [0.1, 0.15) is 34.1 Å². The van der Waals surface area contributed by atoms with Crippen molar-refractivity contribution in [2.75, 3.05) is 4.90 Å². The fourth-order valence-corrected chi connectivity index (χ4v) is 7.35. The van der Waals surface area contributed by atoms with Gasteiger partial charge in [-0.25, -0.2) is 4.98 Å². The number of aryl methyl sites for hydroxylation is 2. The summed E-state index contributed by atoms with van der Waals surface area (Å²) in [5.74, 6) is -1.55. The Morgan fingerprint density at radius 1 is 1.02 bits per heavy atom. The highest BCUT2D eigenvalue weighted by Crippen LogP contribution is 2.44. The average Bonchev–Trinajstić information content (AvgIpc) is 3.64. The number of hydrogen-bond donors (Lipinski definition) is 1. The number of aromatic nitrogens is 4. The van der Waals surface area contributed by atoms with Crippen molar-refractivity contribution in [3.05, 3.63) is 110 Å². The maximum Gasteiger partial charge on any atom is 0.301 e. The summed E-state index contributed by atoms with van der Waals surface area (Å²) in [4.78, 5) is 33.0. The van der Waals surface area contributed by atoms with Gasteiger partial charge in [-0.05, 0) is 60.9 Å². The lowest BCUT2D eigenvalue weighted by Crippen LogP contribution is -2.29. The number of halogens is 3. The molecule has 42 heavy (non-hydrogen) atoms. The van der Waals surface area contributed by atoms with E-state index < -0.39 is 17.7 Å². The Morgan fingerprint density at radius 2 is 1.76 bits per heavy atom. The number of amides is 1. The van der Waals surface area contributed by atoms with Crippen LogP contribution in [0.5, 0.6) is 0 Å². The summed E-state index contributed by atoms with van der Waals surface area (Å²) in [6.45, 7) is 3.70. The first-order valence-electron chi connectivity index (χ1n) is 12.6. The minimum Gasteiger partial charge on any atom is -0.505 e. The van der Waals surface area contributed by atoms with E-state index in [0.717, 1.165) is 22.5 Å². The van der Waals surface area contributed by atoms with E-state index >= 15 is 0 Å². The number of anilines is 1. The van der Waals surface area contributed by atoms with Gasteiger partial charge in [0.25, 0.3) is 5.78 Å². The third-order valence-electron chi connectivity index (χ3n) is 6.91. The zero-order valence-electron chi connectivity index (χ0n) is 22.0. The Hall–Kier alpha value is -3.41. The molecular weight excluding hydrogens is 637 g/mol. The number of pyridine rings is 1. The van der Waals surface area contributed by atoms with E-state index in [4.69, 9.17) is 34.8 Å². The molecule has 6 rings (SSSR count). The zero-order chi connectivity index (χ0) is 29.7. The van der Waals surface area contributed by atoms with E-state index in [1.54, 1.807) is 43.3 Å². The van der Waals surface area contributed by atoms with Crippen molar-refractivity contribution in [1.29, 1.82) is 0 Å². The van der Waals surface area contributed by atoms with Gasteiger partial charge in [-0.2, -0.15) is 0 Å². The summed E-state index contributed by atoms with van der Waals surface area (Å²) in [6.07, 6.45) is 1.83. The van der Waals surface area contributed by atoms with Crippen molar-refractivity contribution in [3.8, 4) is 0 Å². The Morgan fingerprint density at radius 3 is 2.48 bits per heavy atom. The number of benzene rings is 2. The highest BCUT2D eigenvalue weighted by molar-refractivity contribution is 8.00. The topological polar surface area (TPSA) is 101 Å². The standard InChI is InChI=1S/C29H20Cl3N5O3S2/c1-14-4-3-11-36-15(2)22(33-26(14)36)24(38)21-23(16-5-8-18(30)9-6-16)37(27(40)25(21)39)28-34-35-29(42-28)41-13-17-7-10-19(31)12-20(17)32/h3-12,23,38H,13H2,1-2H3/b24-21+. The van der Waals surface area contributed by atoms with Crippen molar-refractivity contribution < 1.29 is 14.7 Å². The van der Waals surface area contributed by atoms with Crippen LogP contribution in [0.15, 0.2) is 70.7 Å². The predicted octanol–water partition coefficient (Wildman–Crippen LogP) is 7.68. The minimum absolute atomic E-state index is 0.0937. The number of rotatable bonds is 6. The molecule has 0 aliphatic carbocycles. The number of imidazole rings is 1. The number of aliphatic hydroxyl groups is 1. The predicted molar refractivity (Wildman–Crippen MR) is 167 cm³/mol. The van der Waals surface area contributed by atoms with Gasteiger partial charge in [0.1, 0.15) is 11.3 Å². The number of thioether (sulfide) groups is 1. The second-order valence-corrected chi connectivity index (χ2v) is 13.0. The van der Waals surface area contributed by atoms with Gasteiger partial charge in [0.05, 0.1) is 17.3 Å². The molecule has 3 aromatic heterocycles. The van der Waals surface area contributed by atoms with Gasteiger partial charge in [-0.1, -0.05) is 82.2 Å². The molecular formula is C29H20Cl3N5O3S2. The molecule has 0 bridgehead atoms. The molecule has 1 saturated heterocycles. The molecule has 0 radical (unpaired) electrons. The van der Waals surface area contributed by atoms with Crippen LogP contribution in [0.4, 0.5) is 5.13 Å². The maximum absolute atomic E-state index is 13.6. The summed E-state index contributed by atoms with van der Waals surface area (Å²) >= 11 is 21.0. The van der Waals surface area contributed by atoms with E-state index in [2.05, 4.69) is 15.2 Å². The van der Waals surface area contributed by atoms with Gasteiger partial charge in [0, 0.05) is 27.0 Å². The molecule has 5 aromatic rings. The van der Waals surface area contributed by atoms with Crippen LogP contribution in [-0.4, -0.2) is 36.4 Å². The van der Waals surface area contributed by atoms with Crippen molar-refractivity contribution in [2.45, 2.75) is 30.0 Å². The summed E-state index contributed by atoms with van der Waals surface area (Å²) in [6, 6.07) is 14.8. The molecule has 0 saturated carbocycles. The van der Waals surface area contributed by atoms with Crippen LogP contribution in [0.25, 0.3) is 11.4 Å². The number of Topliss-reactive ketones (excluding diaryl/α,β-unsaturated/α-hetero) is 1. The zero-order valence-corrected chi connectivity index (χ0v) is 25.9. The summed E-state index contributed by atoms with van der Waals surface area (Å²) in [5, 5.41) is 21.9. The van der Waals surface area contributed by atoms with Crippen LogP contribution in [0, 0.1) is 13.8 Å². The average molecular weight is 657 g/mol. The lowest BCUT2D eigenvalue weighted by molar-refractivity contribution is -0.132. The van der Waals surface area contributed by atoms with Crippen molar-refractivity contribution in [3.63, 3.8) is 0 Å². The van der Waals surface area contributed by atoms with Gasteiger partial charge in [0.15, 0.2) is 10.1 Å². The molecule has 1 fully saturated rings. The van der Waals surface area contributed by atoms with E-state index in [1.807, 2.05) is 35.7 Å². The van der Waals surface area contributed by atoms with Crippen LogP contribution in [0.3, 0.4) is 0 Å². The third-order valence-corrected chi connectivity index (χ3v) is 9.85. The van der Waals surface area contributed by atoms with Crippen molar-refractivity contribution in [1.82, 2.24) is 19.6 Å². The highest BCUT2D eigenvalue weighted by atomic mass is 35.5. The third kappa shape index (κ3) is 5.07. The Balaban J connectivity index is 1.42. The quantitative estimate of drug-likeness (QED) is 0.0658. The molecule has 1 aliphatic heterocycles. The lowest BCUT2D eigenvalue weighted by atomic mass is 9.96. The molecule has 1 N–H and O–H groups in total. The maximum atomic E-state index is 13.6. The van der Waals surface area contributed by atoms with E-state index in [9.17, 15) is 14.7 Å². The van der Waals surface area contributed by atoms with Gasteiger partial charge >= 0.3 is 5.91 Å². The molecule has 13 heteroatoms. The Labute approximate surface area is 263 Å². The minimum atomic E-state index is -0.982. The largest absolute Gasteiger partial charge is 0.505 e. The van der Waals surface area contributed by atoms with Crippen LogP contribution in [0.2, 0.25) is 15.1 Å². The Bertz CT molecular complexity index is 1920. The number of carbonyl (C=O) groups is 2. The first-order chi connectivity index (χ1) is 20.1. The highest BCUT2D eigenvalue weighted by Gasteiger charge is 2.48. The monoisotopic (exact) mass is 655 g/mol. The lowest BCUT2D eigenvalue weighted by Gasteiger charge is -2.22. The molecule has 1 amide bonds. The van der Waals surface area contributed by atoms with Gasteiger partial charge in [-0.3, -0.25) is 14.5 Å². The fraction of sp³-hybridized carbons (Fsp3) is 0.138. The second kappa shape index (κ2) is 11.3. The summed E-state index contributed by atoms with van der Waals surface area (Å²) in [5.41, 5.74) is 3.72. The Kier molecular flexibility index (Phi) is 7.75. The number of aliphatic hydroxyl groups excluding tert-OH is 1. The number of nitrogens with zero attached hydrogens (tertiary/aromatic N) is 5. The first-order valence-corrected chi connectivity index (χ1v) is 15.5. The molecule has 4 heterocycles.